The van der Waals surface area contributed by atoms with Crippen LogP contribution in [0.2, 0.25) is 0 Å². The van der Waals surface area contributed by atoms with Crippen molar-refractivity contribution >= 4 is 23.3 Å². The number of carbonyl (C=O) groups excluding carboxylic acids is 3. The maximum absolute atomic E-state index is 12.5. The topological polar surface area (TPSA) is 72.9 Å². The summed E-state index contributed by atoms with van der Waals surface area (Å²) in [4.78, 5) is 38.1. The maximum atomic E-state index is 12.5. The Hall–Kier alpha value is -3.15. The number of nitrogens with zero attached hydrogens (tertiary/aromatic N) is 1. The van der Waals surface area contributed by atoms with Gasteiger partial charge in [0.1, 0.15) is 11.5 Å². The highest BCUT2D eigenvalue weighted by atomic mass is 16.5. The first kappa shape index (κ1) is 17.7. The van der Waals surface area contributed by atoms with Crippen LogP contribution in [0.5, 0.6) is 11.5 Å². The Kier molecular flexibility index (Phi) is 5.02. The molecular weight excluding hydrogens is 334 g/mol. The number of hydrogen-bond donors (Lipinski definition) is 0. The average Bonchev–Trinajstić information content (AvgIpc) is 3.03. The standard InChI is InChI=1S/C20H19NO5/c1-13(22)15-7-3-5-9-17(15)26-20(24)14-11-19(23)21(12-14)16-8-4-6-10-18(16)25-2/h3-10,14H,11-12H2,1-2H3/t14-/m1/s1. The predicted molar refractivity (Wildman–Crippen MR) is 95.5 cm³/mol. The Morgan fingerprint density at radius 1 is 1.04 bits per heavy atom. The van der Waals surface area contributed by atoms with E-state index in [1.54, 1.807) is 42.5 Å². The number of carbonyl (C=O) groups is 3. The van der Waals surface area contributed by atoms with E-state index in [0.29, 0.717) is 17.0 Å². The first-order chi connectivity index (χ1) is 12.5. The third-order valence-corrected chi connectivity index (χ3v) is 4.31. The molecule has 3 rings (SSSR count). The Balaban J connectivity index is 1.77. The van der Waals surface area contributed by atoms with Crippen LogP contribution in [-0.4, -0.2) is 31.3 Å². The molecule has 134 valence electrons. The molecule has 1 aliphatic heterocycles. The van der Waals surface area contributed by atoms with Crippen LogP contribution in [0, 0.1) is 5.92 Å². The van der Waals surface area contributed by atoms with Crippen LogP contribution in [0.4, 0.5) is 5.69 Å². The van der Waals surface area contributed by atoms with Gasteiger partial charge in [0.15, 0.2) is 5.78 Å². The van der Waals surface area contributed by atoms with Crippen molar-refractivity contribution in [3.05, 3.63) is 54.1 Å². The van der Waals surface area contributed by atoms with Gasteiger partial charge in [-0.2, -0.15) is 0 Å². The minimum Gasteiger partial charge on any atom is -0.495 e. The summed E-state index contributed by atoms with van der Waals surface area (Å²) in [7, 11) is 1.53. The first-order valence-electron chi connectivity index (χ1n) is 8.26. The van der Waals surface area contributed by atoms with Gasteiger partial charge in [0.05, 0.1) is 24.3 Å². The maximum Gasteiger partial charge on any atom is 0.316 e. The number of amides is 1. The number of benzene rings is 2. The third-order valence-electron chi connectivity index (χ3n) is 4.31. The average molecular weight is 353 g/mol. The van der Waals surface area contributed by atoms with Gasteiger partial charge in [-0.15, -0.1) is 0 Å². The van der Waals surface area contributed by atoms with Crippen LogP contribution in [0.15, 0.2) is 48.5 Å². The highest BCUT2D eigenvalue weighted by Crippen LogP contribution is 2.33. The number of ether oxygens (including phenoxy) is 2. The molecule has 26 heavy (non-hydrogen) atoms. The molecule has 1 saturated heterocycles. The van der Waals surface area contributed by atoms with E-state index in [9.17, 15) is 14.4 Å². The summed E-state index contributed by atoms with van der Waals surface area (Å²) in [6.07, 6.45) is 0.0547. The number of methoxy groups -OCH3 is 1. The van der Waals surface area contributed by atoms with Crippen LogP contribution in [0.1, 0.15) is 23.7 Å². The second-order valence-corrected chi connectivity index (χ2v) is 6.05. The van der Waals surface area contributed by atoms with Crippen molar-refractivity contribution in [1.29, 1.82) is 0 Å². The van der Waals surface area contributed by atoms with Gasteiger partial charge in [0.2, 0.25) is 5.91 Å². The second kappa shape index (κ2) is 7.39. The molecule has 0 aromatic heterocycles. The second-order valence-electron chi connectivity index (χ2n) is 6.05. The molecule has 0 saturated carbocycles. The molecule has 0 bridgehead atoms. The molecule has 2 aromatic carbocycles. The van der Waals surface area contributed by atoms with Gasteiger partial charge in [-0.3, -0.25) is 14.4 Å². The number of rotatable bonds is 5. The Morgan fingerprint density at radius 2 is 1.69 bits per heavy atom. The molecule has 0 aliphatic carbocycles. The number of para-hydroxylation sites is 3. The van der Waals surface area contributed by atoms with E-state index in [4.69, 9.17) is 9.47 Å². The summed E-state index contributed by atoms with van der Waals surface area (Å²) >= 11 is 0. The molecule has 0 unspecified atom stereocenters. The molecule has 6 heteroatoms. The molecule has 1 amide bonds. The molecule has 1 heterocycles. The number of Topliss-reactive ketones (excluding diaryl/α,β-unsaturated/α-hetero) is 1. The van der Waals surface area contributed by atoms with Crippen molar-refractivity contribution in [3.8, 4) is 11.5 Å². The quantitative estimate of drug-likeness (QED) is 0.469. The van der Waals surface area contributed by atoms with E-state index in [-0.39, 0.29) is 30.4 Å². The summed E-state index contributed by atoms with van der Waals surface area (Å²) < 4.78 is 10.7. The monoisotopic (exact) mass is 353 g/mol. The highest BCUT2D eigenvalue weighted by Gasteiger charge is 2.37. The summed E-state index contributed by atoms with van der Waals surface area (Å²) in [6.45, 7) is 1.62. The summed E-state index contributed by atoms with van der Waals surface area (Å²) in [5.74, 6) is -0.704. The van der Waals surface area contributed by atoms with Crippen LogP contribution in [0.25, 0.3) is 0 Å². The Bertz CT molecular complexity index is 861. The van der Waals surface area contributed by atoms with Crippen molar-refractivity contribution < 1.29 is 23.9 Å². The van der Waals surface area contributed by atoms with E-state index in [2.05, 4.69) is 0 Å². The van der Waals surface area contributed by atoms with Crippen molar-refractivity contribution in [2.75, 3.05) is 18.6 Å². The lowest BCUT2D eigenvalue weighted by atomic mass is 10.1. The molecule has 2 aromatic rings. The van der Waals surface area contributed by atoms with Gasteiger partial charge in [0.25, 0.3) is 0 Å². The summed E-state index contributed by atoms with van der Waals surface area (Å²) in [5.41, 5.74) is 0.964. The Morgan fingerprint density at radius 3 is 2.38 bits per heavy atom. The minimum atomic E-state index is -0.604. The van der Waals surface area contributed by atoms with E-state index in [1.807, 2.05) is 6.07 Å². The zero-order chi connectivity index (χ0) is 18.7. The van der Waals surface area contributed by atoms with E-state index >= 15 is 0 Å². The third kappa shape index (κ3) is 3.44. The van der Waals surface area contributed by atoms with Gasteiger partial charge in [0, 0.05) is 13.0 Å². The molecule has 1 fully saturated rings. The van der Waals surface area contributed by atoms with Crippen molar-refractivity contribution in [2.45, 2.75) is 13.3 Å². The highest BCUT2D eigenvalue weighted by molar-refractivity contribution is 6.01. The molecule has 1 atom stereocenters. The van der Waals surface area contributed by atoms with Gasteiger partial charge < -0.3 is 14.4 Å². The number of esters is 1. The van der Waals surface area contributed by atoms with E-state index in [0.717, 1.165) is 0 Å². The van der Waals surface area contributed by atoms with Crippen LogP contribution in [-0.2, 0) is 9.59 Å². The van der Waals surface area contributed by atoms with Gasteiger partial charge in [-0.25, -0.2) is 0 Å². The SMILES string of the molecule is COc1ccccc1N1C[C@H](C(=O)Oc2ccccc2C(C)=O)CC1=O. The van der Waals surface area contributed by atoms with Crippen LogP contribution in [0.3, 0.4) is 0 Å². The van der Waals surface area contributed by atoms with Crippen molar-refractivity contribution in [3.63, 3.8) is 0 Å². The Labute approximate surface area is 151 Å². The first-order valence-corrected chi connectivity index (χ1v) is 8.26. The lowest BCUT2D eigenvalue weighted by Gasteiger charge is -2.19. The van der Waals surface area contributed by atoms with E-state index in [1.165, 1.54) is 18.9 Å². The zero-order valence-electron chi connectivity index (χ0n) is 14.6. The number of hydrogen-bond acceptors (Lipinski definition) is 5. The molecule has 0 radical (unpaired) electrons. The molecule has 0 N–H and O–H groups in total. The fourth-order valence-corrected chi connectivity index (χ4v) is 2.99. The van der Waals surface area contributed by atoms with Crippen LogP contribution >= 0.6 is 0 Å². The minimum absolute atomic E-state index is 0.0547. The smallest absolute Gasteiger partial charge is 0.316 e. The van der Waals surface area contributed by atoms with Crippen LogP contribution < -0.4 is 14.4 Å². The van der Waals surface area contributed by atoms with Gasteiger partial charge >= 0.3 is 5.97 Å². The lowest BCUT2D eigenvalue weighted by Crippen LogP contribution is -2.27. The number of anilines is 1. The normalized spacial score (nSPS) is 16.5. The fourth-order valence-electron chi connectivity index (χ4n) is 2.99. The molecule has 0 spiro atoms. The zero-order valence-corrected chi connectivity index (χ0v) is 14.6. The van der Waals surface area contributed by atoms with Gasteiger partial charge in [-0.1, -0.05) is 24.3 Å². The predicted octanol–water partition coefficient (Wildman–Crippen LogP) is 2.86. The lowest BCUT2D eigenvalue weighted by molar-refractivity contribution is -0.139. The molecule has 6 nitrogen and oxygen atoms in total. The van der Waals surface area contributed by atoms with E-state index < -0.39 is 11.9 Å². The largest absolute Gasteiger partial charge is 0.495 e. The summed E-state index contributed by atoms with van der Waals surface area (Å²) in [5, 5.41) is 0. The fraction of sp³-hybridized carbons (Fsp3) is 0.250. The number of ketones is 1. The molecular formula is C20H19NO5. The summed E-state index contributed by atoms with van der Waals surface area (Å²) in [6, 6.07) is 13.7. The van der Waals surface area contributed by atoms with Crippen molar-refractivity contribution in [1.82, 2.24) is 0 Å². The van der Waals surface area contributed by atoms with Gasteiger partial charge in [-0.05, 0) is 31.2 Å². The molecule has 1 aliphatic rings. The van der Waals surface area contributed by atoms with Crippen molar-refractivity contribution in [2.24, 2.45) is 5.92 Å².